The number of nitrogens with two attached hydrogens (primary N) is 1. The Kier molecular flexibility index (Phi) is 8.13. The molecule has 108 valence electrons. The zero-order chi connectivity index (χ0) is 14.6. The molecule has 0 aliphatic rings. The molecular weight excluding hydrogens is 252 g/mol. The number of ether oxygens (including phenoxy) is 1. The second kappa shape index (κ2) is 10.0. The number of nitrogens with one attached hydrogen (secondary N) is 1. The lowest BCUT2D eigenvalue weighted by Crippen LogP contribution is -2.27. The first-order valence-corrected chi connectivity index (χ1v) is 6.93. The van der Waals surface area contributed by atoms with E-state index in [0.717, 1.165) is 25.0 Å². The van der Waals surface area contributed by atoms with Gasteiger partial charge in [0.25, 0.3) is 5.91 Å². The van der Waals surface area contributed by atoms with Crippen LogP contribution in [0.25, 0.3) is 0 Å². The van der Waals surface area contributed by atoms with Crippen molar-refractivity contribution < 1.29 is 9.53 Å². The molecule has 0 aliphatic carbocycles. The normalized spacial score (nSPS) is 9.70. The molecule has 1 amide bonds. The molecule has 0 spiro atoms. The van der Waals surface area contributed by atoms with Crippen LogP contribution in [0.15, 0.2) is 24.3 Å². The molecule has 4 nitrogen and oxygen atoms in total. The van der Waals surface area contributed by atoms with Crippen LogP contribution < -0.4 is 11.1 Å². The van der Waals surface area contributed by atoms with E-state index in [-0.39, 0.29) is 5.91 Å². The number of amides is 1. The van der Waals surface area contributed by atoms with Gasteiger partial charge in [0.15, 0.2) is 0 Å². The Morgan fingerprint density at radius 3 is 2.70 bits per heavy atom. The number of hydrogen-bond acceptors (Lipinski definition) is 3. The van der Waals surface area contributed by atoms with E-state index in [1.165, 1.54) is 0 Å². The molecule has 3 N–H and O–H groups in total. The molecule has 1 rings (SSSR count). The first-order chi connectivity index (χ1) is 9.77. The molecule has 0 aliphatic heterocycles. The number of unbranched alkanes of at least 4 members (excludes halogenated alkanes) is 1. The third-order valence-electron chi connectivity index (χ3n) is 2.66. The second-order valence-electron chi connectivity index (χ2n) is 4.31. The van der Waals surface area contributed by atoms with E-state index in [9.17, 15) is 4.79 Å². The number of rotatable bonds is 7. The van der Waals surface area contributed by atoms with Crippen LogP contribution in [-0.2, 0) is 4.74 Å². The molecule has 0 atom stereocenters. The summed E-state index contributed by atoms with van der Waals surface area (Å²) in [5.74, 6) is 5.59. The van der Waals surface area contributed by atoms with Crippen molar-refractivity contribution in [1.82, 2.24) is 5.32 Å². The molecule has 0 aromatic heterocycles. The highest BCUT2D eigenvalue weighted by Gasteiger charge is 2.03. The van der Waals surface area contributed by atoms with Gasteiger partial charge in [-0.15, -0.1) is 0 Å². The van der Waals surface area contributed by atoms with E-state index in [4.69, 9.17) is 10.5 Å². The SMILES string of the molecule is CCCCOCCNC(=O)c1ccc(C#CCN)cc1. The monoisotopic (exact) mass is 274 g/mol. The summed E-state index contributed by atoms with van der Waals surface area (Å²) in [6.07, 6.45) is 2.17. The van der Waals surface area contributed by atoms with E-state index in [1.807, 2.05) is 12.1 Å². The first-order valence-electron chi connectivity index (χ1n) is 6.93. The van der Waals surface area contributed by atoms with Crippen LogP contribution in [0.2, 0.25) is 0 Å². The molecular formula is C16H22N2O2. The third-order valence-corrected chi connectivity index (χ3v) is 2.66. The van der Waals surface area contributed by atoms with Crippen molar-refractivity contribution >= 4 is 5.91 Å². The highest BCUT2D eigenvalue weighted by Crippen LogP contribution is 2.03. The van der Waals surface area contributed by atoms with Crippen LogP contribution in [0.5, 0.6) is 0 Å². The van der Waals surface area contributed by atoms with Gasteiger partial charge in [-0.1, -0.05) is 25.2 Å². The minimum absolute atomic E-state index is 0.0950. The van der Waals surface area contributed by atoms with Gasteiger partial charge in [0.05, 0.1) is 13.2 Å². The topological polar surface area (TPSA) is 64.3 Å². The maximum Gasteiger partial charge on any atom is 0.251 e. The van der Waals surface area contributed by atoms with Gasteiger partial charge >= 0.3 is 0 Å². The van der Waals surface area contributed by atoms with Crippen molar-refractivity contribution in [1.29, 1.82) is 0 Å². The van der Waals surface area contributed by atoms with E-state index >= 15 is 0 Å². The Bertz CT molecular complexity index is 458. The number of carbonyl (C=O) groups is 1. The van der Waals surface area contributed by atoms with Gasteiger partial charge in [0.1, 0.15) is 0 Å². The summed E-state index contributed by atoms with van der Waals surface area (Å²) >= 11 is 0. The standard InChI is InChI=1S/C16H22N2O2/c1-2-3-12-20-13-11-18-16(19)15-8-6-14(7-9-15)5-4-10-17/h6-9H,2-3,10-13,17H2,1H3,(H,18,19). The highest BCUT2D eigenvalue weighted by molar-refractivity contribution is 5.94. The summed E-state index contributed by atoms with van der Waals surface area (Å²) in [7, 11) is 0. The van der Waals surface area contributed by atoms with Gasteiger partial charge in [-0.05, 0) is 30.7 Å². The molecule has 0 radical (unpaired) electrons. The van der Waals surface area contributed by atoms with Crippen LogP contribution in [0.3, 0.4) is 0 Å². The fraction of sp³-hybridized carbons (Fsp3) is 0.438. The Labute approximate surface area is 120 Å². The largest absolute Gasteiger partial charge is 0.380 e. The average molecular weight is 274 g/mol. The number of hydrogen-bond donors (Lipinski definition) is 2. The molecule has 0 fully saturated rings. The third kappa shape index (κ3) is 6.37. The van der Waals surface area contributed by atoms with Crippen molar-refractivity contribution in [3.8, 4) is 11.8 Å². The summed E-state index contributed by atoms with van der Waals surface area (Å²) in [6, 6.07) is 7.15. The van der Waals surface area contributed by atoms with E-state index < -0.39 is 0 Å². The Balaban J connectivity index is 2.32. The summed E-state index contributed by atoms with van der Waals surface area (Å²) in [4.78, 5) is 11.8. The van der Waals surface area contributed by atoms with Gasteiger partial charge in [0.2, 0.25) is 0 Å². The maximum atomic E-state index is 11.8. The Morgan fingerprint density at radius 2 is 2.05 bits per heavy atom. The quantitative estimate of drug-likeness (QED) is 0.585. The molecule has 0 saturated heterocycles. The fourth-order valence-corrected chi connectivity index (χ4v) is 1.55. The van der Waals surface area contributed by atoms with Crippen molar-refractivity contribution in [2.75, 3.05) is 26.3 Å². The molecule has 0 saturated carbocycles. The molecule has 20 heavy (non-hydrogen) atoms. The van der Waals surface area contributed by atoms with Crippen LogP contribution in [-0.4, -0.2) is 32.2 Å². The Morgan fingerprint density at radius 1 is 1.30 bits per heavy atom. The smallest absolute Gasteiger partial charge is 0.251 e. The van der Waals surface area contributed by atoms with Crippen molar-refractivity contribution in [2.24, 2.45) is 5.73 Å². The fourth-order valence-electron chi connectivity index (χ4n) is 1.55. The minimum Gasteiger partial charge on any atom is -0.380 e. The van der Waals surface area contributed by atoms with Gasteiger partial charge in [-0.3, -0.25) is 4.79 Å². The van der Waals surface area contributed by atoms with Crippen molar-refractivity contribution in [3.05, 3.63) is 35.4 Å². The number of benzene rings is 1. The lowest BCUT2D eigenvalue weighted by Gasteiger charge is -2.06. The predicted molar refractivity (Wildman–Crippen MR) is 80.4 cm³/mol. The predicted octanol–water partition coefficient (Wildman–Crippen LogP) is 1.54. The van der Waals surface area contributed by atoms with Gasteiger partial charge in [-0.2, -0.15) is 0 Å². The van der Waals surface area contributed by atoms with E-state index in [0.29, 0.717) is 25.3 Å². The first kappa shape index (κ1) is 16.2. The Hall–Kier alpha value is -1.83. The summed E-state index contributed by atoms with van der Waals surface area (Å²) < 4.78 is 5.38. The molecule has 4 heteroatoms. The summed E-state index contributed by atoms with van der Waals surface area (Å²) in [6.45, 7) is 4.27. The van der Waals surface area contributed by atoms with Crippen LogP contribution in [0.1, 0.15) is 35.7 Å². The van der Waals surface area contributed by atoms with Crippen LogP contribution in [0.4, 0.5) is 0 Å². The maximum absolute atomic E-state index is 11.8. The molecule has 0 heterocycles. The van der Waals surface area contributed by atoms with Crippen molar-refractivity contribution in [2.45, 2.75) is 19.8 Å². The van der Waals surface area contributed by atoms with Crippen molar-refractivity contribution in [3.63, 3.8) is 0 Å². The number of carbonyl (C=O) groups excluding carboxylic acids is 1. The second-order valence-corrected chi connectivity index (χ2v) is 4.31. The molecule has 0 bridgehead atoms. The van der Waals surface area contributed by atoms with Gasteiger partial charge < -0.3 is 15.8 Å². The average Bonchev–Trinajstić information content (AvgIpc) is 2.49. The van der Waals surface area contributed by atoms with Crippen LogP contribution in [0, 0.1) is 11.8 Å². The van der Waals surface area contributed by atoms with Gasteiger partial charge in [-0.25, -0.2) is 0 Å². The lowest BCUT2D eigenvalue weighted by molar-refractivity contribution is 0.0913. The molecule has 1 aromatic carbocycles. The van der Waals surface area contributed by atoms with E-state index in [2.05, 4.69) is 24.1 Å². The summed E-state index contributed by atoms with van der Waals surface area (Å²) in [5.41, 5.74) is 6.78. The summed E-state index contributed by atoms with van der Waals surface area (Å²) in [5, 5.41) is 2.82. The molecule has 1 aromatic rings. The molecule has 0 unspecified atom stereocenters. The zero-order valence-electron chi connectivity index (χ0n) is 11.9. The van der Waals surface area contributed by atoms with Crippen LogP contribution >= 0.6 is 0 Å². The lowest BCUT2D eigenvalue weighted by atomic mass is 10.1. The van der Waals surface area contributed by atoms with E-state index in [1.54, 1.807) is 12.1 Å². The minimum atomic E-state index is -0.0950. The zero-order valence-corrected chi connectivity index (χ0v) is 11.9. The van der Waals surface area contributed by atoms with Gasteiger partial charge in [0, 0.05) is 24.3 Å². The highest BCUT2D eigenvalue weighted by atomic mass is 16.5.